The first-order chi connectivity index (χ1) is 13.3. The average molecular weight is 380 g/mol. The van der Waals surface area contributed by atoms with Gasteiger partial charge in [-0.25, -0.2) is 0 Å². The van der Waals surface area contributed by atoms with Gasteiger partial charge in [0.05, 0.1) is 0 Å². The highest BCUT2D eigenvalue weighted by atomic mass is 16.3. The van der Waals surface area contributed by atoms with E-state index in [1.54, 1.807) is 30.4 Å². The molecular formula is C24H28O4. The van der Waals surface area contributed by atoms with Gasteiger partial charge in [0, 0.05) is 5.56 Å². The summed E-state index contributed by atoms with van der Waals surface area (Å²) in [6.45, 7) is 6.21. The summed E-state index contributed by atoms with van der Waals surface area (Å²) < 4.78 is 0. The zero-order valence-electron chi connectivity index (χ0n) is 16.6. The molecule has 0 fully saturated rings. The molecule has 0 aromatic heterocycles. The van der Waals surface area contributed by atoms with Crippen molar-refractivity contribution in [1.29, 1.82) is 0 Å². The smallest absolute Gasteiger partial charge is 0.157 e. The van der Waals surface area contributed by atoms with E-state index in [9.17, 15) is 20.4 Å². The second-order valence-corrected chi connectivity index (χ2v) is 7.19. The van der Waals surface area contributed by atoms with Gasteiger partial charge in [0.2, 0.25) is 0 Å². The number of aromatic hydroxyl groups is 4. The maximum Gasteiger partial charge on any atom is 0.157 e. The van der Waals surface area contributed by atoms with E-state index in [4.69, 9.17) is 0 Å². The van der Waals surface area contributed by atoms with Crippen molar-refractivity contribution in [2.75, 3.05) is 0 Å². The molecule has 4 heteroatoms. The molecule has 2 aromatic rings. The van der Waals surface area contributed by atoms with Crippen LogP contribution in [-0.4, -0.2) is 20.4 Å². The Morgan fingerprint density at radius 3 is 1.96 bits per heavy atom. The van der Waals surface area contributed by atoms with Crippen LogP contribution in [0.1, 0.15) is 50.3 Å². The molecule has 0 unspecified atom stereocenters. The number of rotatable bonds is 7. The van der Waals surface area contributed by atoms with Crippen LogP contribution in [0, 0.1) is 0 Å². The van der Waals surface area contributed by atoms with Gasteiger partial charge in [-0.05, 0) is 75.4 Å². The van der Waals surface area contributed by atoms with Gasteiger partial charge in [-0.2, -0.15) is 0 Å². The molecule has 2 aromatic carbocycles. The molecule has 0 aliphatic carbocycles. The van der Waals surface area contributed by atoms with Gasteiger partial charge in [0.15, 0.2) is 11.5 Å². The van der Waals surface area contributed by atoms with Gasteiger partial charge in [-0.1, -0.05) is 41.5 Å². The summed E-state index contributed by atoms with van der Waals surface area (Å²) in [5, 5.41) is 39.5. The standard InChI is InChI=1S/C24H28O4/c1-16(2)5-4-6-17(3)7-11-20-22(26)14-19(15-23(20)27)9-8-18-10-12-21(25)24(28)13-18/h5,7-10,12-15,25-28H,4,6,11H2,1-3H3. The molecule has 0 heterocycles. The van der Waals surface area contributed by atoms with E-state index in [0.717, 1.165) is 12.8 Å². The number of hydrogen-bond acceptors (Lipinski definition) is 4. The monoisotopic (exact) mass is 380 g/mol. The lowest BCUT2D eigenvalue weighted by Crippen LogP contribution is -1.88. The zero-order chi connectivity index (χ0) is 20.7. The van der Waals surface area contributed by atoms with Crippen LogP contribution in [0.25, 0.3) is 12.2 Å². The summed E-state index contributed by atoms with van der Waals surface area (Å²) in [6, 6.07) is 7.68. The summed E-state index contributed by atoms with van der Waals surface area (Å²) in [5.41, 5.74) is 4.34. The van der Waals surface area contributed by atoms with Crippen molar-refractivity contribution >= 4 is 12.2 Å². The van der Waals surface area contributed by atoms with Crippen molar-refractivity contribution in [3.8, 4) is 23.0 Å². The van der Waals surface area contributed by atoms with Crippen molar-refractivity contribution < 1.29 is 20.4 Å². The molecule has 0 aliphatic heterocycles. The summed E-state index contributed by atoms with van der Waals surface area (Å²) in [7, 11) is 0. The third-order valence-electron chi connectivity index (χ3n) is 4.44. The second-order valence-electron chi connectivity index (χ2n) is 7.19. The van der Waals surface area contributed by atoms with Gasteiger partial charge in [0.1, 0.15) is 11.5 Å². The van der Waals surface area contributed by atoms with E-state index in [2.05, 4.69) is 26.8 Å². The molecule has 0 spiro atoms. The summed E-state index contributed by atoms with van der Waals surface area (Å²) >= 11 is 0. The Balaban J connectivity index is 2.10. The van der Waals surface area contributed by atoms with Gasteiger partial charge in [-0.15, -0.1) is 0 Å². The van der Waals surface area contributed by atoms with Crippen molar-refractivity contribution in [2.45, 2.75) is 40.0 Å². The van der Waals surface area contributed by atoms with Gasteiger partial charge in [0.25, 0.3) is 0 Å². The fourth-order valence-electron chi connectivity index (χ4n) is 2.77. The Hall–Kier alpha value is -3.14. The lowest BCUT2D eigenvalue weighted by Gasteiger charge is -2.08. The highest BCUT2D eigenvalue weighted by Gasteiger charge is 2.08. The minimum absolute atomic E-state index is 0.0431. The first kappa shape index (κ1) is 21.2. The fourth-order valence-corrected chi connectivity index (χ4v) is 2.77. The van der Waals surface area contributed by atoms with Crippen LogP contribution in [0.2, 0.25) is 0 Å². The largest absolute Gasteiger partial charge is 0.507 e. The van der Waals surface area contributed by atoms with Crippen molar-refractivity contribution in [3.05, 3.63) is 70.3 Å². The maximum absolute atomic E-state index is 10.3. The summed E-state index contributed by atoms with van der Waals surface area (Å²) in [6.07, 6.45) is 10.1. The number of benzene rings is 2. The Kier molecular flexibility index (Phi) is 7.33. The van der Waals surface area contributed by atoms with Gasteiger partial charge in [-0.3, -0.25) is 0 Å². The van der Waals surface area contributed by atoms with E-state index >= 15 is 0 Å². The van der Waals surface area contributed by atoms with Gasteiger partial charge >= 0.3 is 0 Å². The van der Waals surface area contributed by atoms with Crippen LogP contribution in [-0.2, 0) is 6.42 Å². The molecule has 28 heavy (non-hydrogen) atoms. The first-order valence-electron chi connectivity index (χ1n) is 9.30. The van der Waals surface area contributed by atoms with E-state index in [1.165, 1.54) is 23.3 Å². The van der Waals surface area contributed by atoms with Crippen LogP contribution in [0.3, 0.4) is 0 Å². The predicted octanol–water partition coefficient (Wildman–Crippen LogP) is 5.91. The van der Waals surface area contributed by atoms with E-state index < -0.39 is 0 Å². The highest BCUT2D eigenvalue weighted by Crippen LogP contribution is 2.31. The van der Waals surface area contributed by atoms with Crippen LogP contribution >= 0.6 is 0 Å². The van der Waals surface area contributed by atoms with Crippen molar-refractivity contribution in [3.63, 3.8) is 0 Å². The quantitative estimate of drug-likeness (QED) is 0.273. The lowest BCUT2D eigenvalue weighted by molar-refractivity contribution is 0.403. The Bertz CT molecular complexity index is 893. The number of allylic oxidation sites excluding steroid dienone is 4. The molecule has 0 amide bonds. The molecule has 2 rings (SSSR count). The fraction of sp³-hybridized carbons (Fsp3) is 0.250. The Morgan fingerprint density at radius 1 is 0.750 bits per heavy atom. The summed E-state index contributed by atoms with van der Waals surface area (Å²) in [5.74, 6) is -0.293. The topological polar surface area (TPSA) is 80.9 Å². The molecular weight excluding hydrogens is 352 g/mol. The SMILES string of the molecule is CC(C)=CCCC(C)=CCc1c(O)cc(C=Cc2ccc(O)c(O)c2)cc1O. The van der Waals surface area contributed by atoms with Gasteiger partial charge < -0.3 is 20.4 Å². The lowest BCUT2D eigenvalue weighted by atomic mass is 10.0. The van der Waals surface area contributed by atoms with E-state index in [1.807, 2.05) is 6.08 Å². The first-order valence-corrected chi connectivity index (χ1v) is 9.30. The molecule has 0 saturated carbocycles. The molecule has 0 aliphatic rings. The van der Waals surface area contributed by atoms with E-state index in [-0.39, 0.29) is 23.0 Å². The summed E-state index contributed by atoms with van der Waals surface area (Å²) in [4.78, 5) is 0. The third-order valence-corrected chi connectivity index (χ3v) is 4.44. The Labute approximate surface area is 166 Å². The van der Waals surface area contributed by atoms with E-state index in [0.29, 0.717) is 23.1 Å². The number of phenols is 4. The Morgan fingerprint density at radius 2 is 1.36 bits per heavy atom. The molecule has 0 radical (unpaired) electrons. The second kappa shape index (κ2) is 9.70. The van der Waals surface area contributed by atoms with Crippen LogP contribution in [0.4, 0.5) is 0 Å². The highest BCUT2D eigenvalue weighted by molar-refractivity contribution is 5.72. The molecule has 0 saturated heterocycles. The van der Waals surface area contributed by atoms with Crippen LogP contribution < -0.4 is 0 Å². The van der Waals surface area contributed by atoms with Crippen LogP contribution in [0.15, 0.2) is 53.6 Å². The van der Waals surface area contributed by atoms with Crippen molar-refractivity contribution in [1.82, 2.24) is 0 Å². The molecule has 148 valence electrons. The minimum Gasteiger partial charge on any atom is -0.507 e. The minimum atomic E-state index is -0.199. The number of phenolic OH excluding ortho intramolecular Hbond substituents is 4. The third kappa shape index (κ3) is 6.23. The number of hydrogen-bond donors (Lipinski definition) is 4. The molecule has 0 bridgehead atoms. The zero-order valence-corrected chi connectivity index (χ0v) is 16.6. The average Bonchev–Trinajstić information content (AvgIpc) is 2.61. The molecule has 4 N–H and O–H groups in total. The van der Waals surface area contributed by atoms with Crippen molar-refractivity contribution in [2.24, 2.45) is 0 Å². The van der Waals surface area contributed by atoms with Crippen LogP contribution in [0.5, 0.6) is 23.0 Å². The predicted molar refractivity (Wildman–Crippen MR) is 115 cm³/mol. The molecule has 0 atom stereocenters. The maximum atomic E-state index is 10.3. The normalized spacial score (nSPS) is 11.8. The molecule has 4 nitrogen and oxygen atoms in total.